The molecule has 0 atom stereocenters. The molecule has 0 unspecified atom stereocenters. The number of esters is 1. The number of hydrogen-bond acceptors (Lipinski definition) is 5. The number of carbonyl (C=O) groups is 2. The second-order valence-corrected chi connectivity index (χ2v) is 2.46. The number of carboxylic acids is 1. The molecule has 1 aromatic heterocycles. The number of carboxylic acid groups (broad SMARTS) is 1. The van der Waals surface area contributed by atoms with Crippen LogP contribution in [-0.2, 0) is 4.74 Å². The first-order chi connectivity index (χ1) is 6.54. The monoisotopic (exact) mass is 196 g/mol. The fourth-order valence-electron chi connectivity index (χ4n) is 0.897. The molecule has 0 aliphatic heterocycles. The molecule has 0 fully saturated rings. The predicted octanol–water partition coefficient (Wildman–Crippen LogP) is 0.149. The maximum Gasteiger partial charge on any atom is 0.354 e. The van der Waals surface area contributed by atoms with Crippen molar-refractivity contribution in [3.8, 4) is 0 Å². The summed E-state index contributed by atoms with van der Waals surface area (Å²) in [4.78, 5) is 25.1. The summed E-state index contributed by atoms with van der Waals surface area (Å²) in [5.74, 6) is -1.94. The van der Waals surface area contributed by atoms with Crippen LogP contribution in [0.2, 0.25) is 0 Å². The fourth-order valence-corrected chi connectivity index (χ4v) is 0.897. The number of anilines is 1. The predicted molar refractivity (Wildman–Crippen MR) is 46.9 cm³/mol. The number of nitrogens with two attached hydrogens (primary N) is 1. The van der Waals surface area contributed by atoms with E-state index < -0.39 is 11.9 Å². The number of aromatic nitrogens is 1. The third kappa shape index (κ3) is 1.98. The van der Waals surface area contributed by atoms with Crippen molar-refractivity contribution in [1.82, 2.24) is 4.98 Å². The van der Waals surface area contributed by atoms with Crippen LogP contribution in [0.3, 0.4) is 0 Å². The molecule has 0 spiro atoms. The van der Waals surface area contributed by atoms with Crippen molar-refractivity contribution in [2.24, 2.45) is 0 Å². The Bertz CT molecular complexity index is 389. The van der Waals surface area contributed by atoms with E-state index in [0.717, 1.165) is 6.07 Å². The highest BCUT2D eigenvalue weighted by molar-refractivity contribution is 5.94. The Morgan fingerprint density at radius 1 is 1.50 bits per heavy atom. The topological polar surface area (TPSA) is 103 Å². The van der Waals surface area contributed by atoms with Gasteiger partial charge in [0.25, 0.3) is 0 Å². The summed E-state index contributed by atoms with van der Waals surface area (Å²) in [7, 11) is 1.19. The van der Waals surface area contributed by atoms with Gasteiger partial charge in [-0.1, -0.05) is 0 Å². The van der Waals surface area contributed by atoms with E-state index in [4.69, 9.17) is 10.8 Å². The molecule has 0 aliphatic carbocycles. The molecule has 0 saturated heterocycles. The van der Waals surface area contributed by atoms with Crippen LogP contribution in [0.4, 0.5) is 5.82 Å². The maximum atomic E-state index is 11.0. The third-order valence-electron chi connectivity index (χ3n) is 1.49. The maximum absolute atomic E-state index is 11.0. The number of hydrogen-bond donors (Lipinski definition) is 2. The van der Waals surface area contributed by atoms with Crippen LogP contribution < -0.4 is 5.73 Å². The summed E-state index contributed by atoms with van der Waals surface area (Å²) >= 11 is 0. The number of pyridine rings is 1. The Morgan fingerprint density at radius 3 is 2.64 bits per heavy atom. The zero-order valence-electron chi connectivity index (χ0n) is 7.35. The molecule has 1 rings (SSSR count). The third-order valence-corrected chi connectivity index (χ3v) is 1.49. The highest BCUT2D eigenvalue weighted by atomic mass is 16.5. The standard InChI is InChI=1S/C8H8N2O4/c1-14-8(13)4-2-5(7(11)12)10-6(9)3-4/h2-3H,1H3,(H2,9,10)(H,11,12). The second kappa shape index (κ2) is 3.73. The largest absolute Gasteiger partial charge is 0.477 e. The van der Waals surface area contributed by atoms with Gasteiger partial charge in [-0.3, -0.25) is 0 Å². The summed E-state index contributed by atoms with van der Waals surface area (Å²) in [6, 6.07) is 2.35. The lowest BCUT2D eigenvalue weighted by atomic mass is 10.2. The quantitative estimate of drug-likeness (QED) is 0.652. The molecule has 0 amide bonds. The van der Waals surface area contributed by atoms with Crippen LogP contribution >= 0.6 is 0 Å². The molecule has 1 aromatic rings. The van der Waals surface area contributed by atoms with Crippen molar-refractivity contribution in [3.05, 3.63) is 23.4 Å². The first kappa shape index (κ1) is 9.97. The van der Waals surface area contributed by atoms with Crippen molar-refractivity contribution in [1.29, 1.82) is 0 Å². The molecule has 3 N–H and O–H groups in total. The first-order valence-corrected chi connectivity index (χ1v) is 3.63. The number of nitrogen functional groups attached to an aromatic ring is 1. The average Bonchev–Trinajstić information content (AvgIpc) is 2.15. The molecule has 74 valence electrons. The highest BCUT2D eigenvalue weighted by Crippen LogP contribution is 2.08. The fraction of sp³-hybridized carbons (Fsp3) is 0.125. The van der Waals surface area contributed by atoms with Gasteiger partial charge in [0.15, 0.2) is 5.69 Å². The molecule has 6 heteroatoms. The number of nitrogens with zero attached hydrogens (tertiary/aromatic N) is 1. The first-order valence-electron chi connectivity index (χ1n) is 3.63. The van der Waals surface area contributed by atoms with Gasteiger partial charge < -0.3 is 15.6 Å². The van der Waals surface area contributed by atoms with Crippen LogP contribution in [0.15, 0.2) is 12.1 Å². The van der Waals surface area contributed by atoms with E-state index in [-0.39, 0.29) is 17.1 Å². The SMILES string of the molecule is COC(=O)c1cc(N)nc(C(=O)O)c1. The lowest BCUT2D eigenvalue weighted by molar-refractivity contribution is 0.0600. The average molecular weight is 196 g/mol. The van der Waals surface area contributed by atoms with Crippen molar-refractivity contribution in [3.63, 3.8) is 0 Å². The van der Waals surface area contributed by atoms with Gasteiger partial charge in [0.05, 0.1) is 12.7 Å². The normalized spacial score (nSPS) is 9.50. The van der Waals surface area contributed by atoms with E-state index >= 15 is 0 Å². The van der Waals surface area contributed by atoms with E-state index in [2.05, 4.69) is 9.72 Å². The Morgan fingerprint density at radius 2 is 2.14 bits per heavy atom. The molecule has 0 aromatic carbocycles. The van der Waals surface area contributed by atoms with Crippen LogP contribution in [0.1, 0.15) is 20.8 Å². The lowest BCUT2D eigenvalue weighted by Crippen LogP contribution is -2.08. The summed E-state index contributed by atoms with van der Waals surface area (Å²) < 4.78 is 4.41. The number of rotatable bonds is 2. The number of ether oxygens (including phenoxy) is 1. The molecule has 0 bridgehead atoms. The molecular weight excluding hydrogens is 188 g/mol. The van der Waals surface area contributed by atoms with E-state index in [1.807, 2.05) is 0 Å². The Hall–Kier alpha value is -2.11. The van der Waals surface area contributed by atoms with Crippen LogP contribution in [0.25, 0.3) is 0 Å². The van der Waals surface area contributed by atoms with Gasteiger partial charge in [-0.15, -0.1) is 0 Å². The molecule has 14 heavy (non-hydrogen) atoms. The number of aromatic carboxylic acids is 1. The lowest BCUT2D eigenvalue weighted by Gasteiger charge is -2.01. The molecular formula is C8H8N2O4. The van der Waals surface area contributed by atoms with Crippen molar-refractivity contribution in [2.75, 3.05) is 12.8 Å². The number of carbonyl (C=O) groups excluding carboxylic acids is 1. The van der Waals surface area contributed by atoms with Gasteiger partial charge in [0.2, 0.25) is 0 Å². The van der Waals surface area contributed by atoms with E-state index in [9.17, 15) is 9.59 Å². The zero-order chi connectivity index (χ0) is 10.7. The highest BCUT2D eigenvalue weighted by Gasteiger charge is 2.12. The van der Waals surface area contributed by atoms with Crippen molar-refractivity contribution in [2.45, 2.75) is 0 Å². The Balaban J connectivity index is 3.20. The summed E-state index contributed by atoms with van der Waals surface area (Å²) in [5.41, 5.74) is 5.09. The molecule has 1 heterocycles. The number of methoxy groups -OCH3 is 1. The van der Waals surface area contributed by atoms with Crippen LogP contribution in [0.5, 0.6) is 0 Å². The van der Waals surface area contributed by atoms with Crippen molar-refractivity contribution >= 4 is 17.8 Å². The molecule has 0 saturated carbocycles. The molecule has 6 nitrogen and oxygen atoms in total. The van der Waals surface area contributed by atoms with E-state index in [1.54, 1.807) is 0 Å². The van der Waals surface area contributed by atoms with E-state index in [0.29, 0.717) is 0 Å². The molecule has 0 aliphatic rings. The summed E-state index contributed by atoms with van der Waals surface area (Å²) in [6.07, 6.45) is 0. The van der Waals surface area contributed by atoms with Gasteiger partial charge in [-0.05, 0) is 12.1 Å². The minimum absolute atomic E-state index is 0.0368. The zero-order valence-corrected chi connectivity index (χ0v) is 7.35. The Kier molecular flexibility index (Phi) is 2.66. The smallest absolute Gasteiger partial charge is 0.354 e. The van der Waals surface area contributed by atoms with Gasteiger partial charge in [-0.25, -0.2) is 14.6 Å². The van der Waals surface area contributed by atoms with Gasteiger partial charge in [-0.2, -0.15) is 0 Å². The summed E-state index contributed by atoms with van der Waals surface area (Å²) in [5, 5.41) is 8.62. The second-order valence-electron chi connectivity index (χ2n) is 2.46. The summed E-state index contributed by atoms with van der Waals surface area (Å²) in [6.45, 7) is 0. The Labute approximate surface area is 79.3 Å². The van der Waals surface area contributed by atoms with E-state index in [1.165, 1.54) is 13.2 Å². The minimum Gasteiger partial charge on any atom is -0.477 e. The van der Waals surface area contributed by atoms with Gasteiger partial charge >= 0.3 is 11.9 Å². The minimum atomic E-state index is -1.25. The van der Waals surface area contributed by atoms with Crippen LogP contribution in [0, 0.1) is 0 Å². The van der Waals surface area contributed by atoms with Crippen molar-refractivity contribution < 1.29 is 19.4 Å². The van der Waals surface area contributed by atoms with Crippen LogP contribution in [-0.4, -0.2) is 29.1 Å². The van der Waals surface area contributed by atoms with Gasteiger partial charge in [0.1, 0.15) is 5.82 Å². The molecule has 0 radical (unpaired) electrons. The van der Waals surface area contributed by atoms with Gasteiger partial charge in [0, 0.05) is 0 Å².